The molecule has 2 rings (SSSR count). The van der Waals surface area contributed by atoms with Crippen molar-refractivity contribution in [3.05, 3.63) is 35.4 Å². The van der Waals surface area contributed by atoms with Gasteiger partial charge in [0.15, 0.2) is 0 Å². The van der Waals surface area contributed by atoms with Crippen LogP contribution in [0.5, 0.6) is 0 Å². The summed E-state index contributed by atoms with van der Waals surface area (Å²) in [5.74, 6) is 1.01. The largest absolute Gasteiger partial charge is 0.355 e. The Balaban J connectivity index is 1.82. The second kappa shape index (κ2) is 8.96. The molecule has 0 spiro atoms. The first-order valence-corrected chi connectivity index (χ1v) is 9.44. The summed E-state index contributed by atoms with van der Waals surface area (Å²) >= 11 is 1.62. The van der Waals surface area contributed by atoms with E-state index in [0.29, 0.717) is 0 Å². The SMILES string of the molecule is CCCNC(=O)C(C)SCc1ccc(C(=O)N2CCCC2)cc1. The van der Waals surface area contributed by atoms with Crippen molar-refractivity contribution in [3.63, 3.8) is 0 Å². The summed E-state index contributed by atoms with van der Waals surface area (Å²) in [6.07, 6.45) is 3.17. The molecule has 1 N–H and O–H groups in total. The molecule has 23 heavy (non-hydrogen) atoms. The van der Waals surface area contributed by atoms with Crippen LogP contribution in [-0.2, 0) is 10.5 Å². The fraction of sp³-hybridized carbons (Fsp3) is 0.556. The minimum atomic E-state index is -0.0625. The number of benzene rings is 1. The molecule has 0 radical (unpaired) electrons. The summed E-state index contributed by atoms with van der Waals surface area (Å²) in [5.41, 5.74) is 1.90. The highest BCUT2D eigenvalue weighted by molar-refractivity contribution is 7.99. The molecule has 1 heterocycles. The lowest BCUT2D eigenvalue weighted by Crippen LogP contribution is -2.31. The lowest BCUT2D eigenvalue weighted by Gasteiger charge is -2.15. The van der Waals surface area contributed by atoms with Crippen molar-refractivity contribution in [3.8, 4) is 0 Å². The Morgan fingerprint density at radius 1 is 1.22 bits per heavy atom. The van der Waals surface area contributed by atoms with Crippen LogP contribution >= 0.6 is 11.8 Å². The summed E-state index contributed by atoms with van der Waals surface area (Å²) in [5, 5.41) is 2.85. The zero-order valence-electron chi connectivity index (χ0n) is 14.0. The van der Waals surface area contributed by atoms with Crippen LogP contribution in [0, 0.1) is 0 Å². The Hall–Kier alpha value is -1.49. The number of amides is 2. The molecule has 1 fully saturated rings. The zero-order chi connectivity index (χ0) is 16.7. The van der Waals surface area contributed by atoms with Crippen LogP contribution in [0.15, 0.2) is 24.3 Å². The van der Waals surface area contributed by atoms with E-state index in [-0.39, 0.29) is 17.1 Å². The predicted octanol–water partition coefficient (Wildman–Crippen LogP) is 3.07. The van der Waals surface area contributed by atoms with Gasteiger partial charge < -0.3 is 10.2 Å². The molecule has 1 aromatic carbocycles. The zero-order valence-corrected chi connectivity index (χ0v) is 14.8. The first-order valence-electron chi connectivity index (χ1n) is 8.39. The summed E-state index contributed by atoms with van der Waals surface area (Å²) < 4.78 is 0. The topological polar surface area (TPSA) is 49.4 Å². The average Bonchev–Trinajstić information content (AvgIpc) is 3.11. The van der Waals surface area contributed by atoms with E-state index in [1.165, 1.54) is 0 Å². The van der Waals surface area contributed by atoms with Gasteiger partial charge in [-0.15, -0.1) is 11.8 Å². The van der Waals surface area contributed by atoms with Crippen LogP contribution in [0.1, 0.15) is 49.0 Å². The van der Waals surface area contributed by atoms with Crippen molar-refractivity contribution in [2.45, 2.75) is 44.1 Å². The maximum absolute atomic E-state index is 12.3. The highest BCUT2D eigenvalue weighted by Gasteiger charge is 2.19. The Morgan fingerprint density at radius 2 is 1.87 bits per heavy atom. The molecule has 2 amide bonds. The molecule has 1 saturated heterocycles. The summed E-state index contributed by atoms with van der Waals surface area (Å²) in [4.78, 5) is 26.0. The summed E-state index contributed by atoms with van der Waals surface area (Å²) in [6, 6.07) is 7.79. The molecule has 1 aliphatic heterocycles. The number of nitrogens with one attached hydrogen (secondary N) is 1. The van der Waals surface area contributed by atoms with Gasteiger partial charge in [-0.2, -0.15) is 0 Å². The van der Waals surface area contributed by atoms with E-state index in [4.69, 9.17) is 0 Å². The predicted molar refractivity (Wildman–Crippen MR) is 95.6 cm³/mol. The van der Waals surface area contributed by atoms with E-state index < -0.39 is 0 Å². The Bertz CT molecular complexity index is 524. The van der Waals surface area contributed by atoms with Crippen molar-refractivity contribution in [1.29, 1.82) is 0 Å². The number of carbonyl (C=O) groups is 2. The number of nitrogens with zero attached hydrogens (tertiary/aromatic N) is 1. The summed E-state index contributed by atoms with van der Waals surface area (Å²) in [6.45, 7) is 6.46. The minimum Gasteiger partial charge on any atom is -0.355 e. The lowest BCUT2D eigenvalue weighted by molar-refractivity contribution is -0.120. The van der Waals surface area contributed by atoms with Gasteiger partial charge in [-0.3, -0.25) is 9.59 Å². The van der Waals surface area contributed by atoms with Gasteiger partial charge in [-0.25, -0.2) is 0 Å². The van der Waals surface area contributed by atoms with Crippen LogP contribution < -0.4 is 5.32 Å². The summed E-state index contributed by atoms with van der Waals surface area (Å²) in [7, 11) is 0. The highest BCUT2D eigenvalue weighted by Crippen LogP contribution is 2.19. The van der Waals surface area contributed by atoms with Crippen LogP contribution in [0.2, 0.25) is 0 Å². The van der Waals surface area contributed by atoms with Crippen molar-refractivity contribution < 1.29 is 9.59 Å². The molecule has 0 bridgehead atoms. The smallest absolute Gasteiger partial charge is 0.253 e. The Kier molecular flexibility index (Phi) is 6.96. The number of hydrogen-bond acceptors (Lipinski definition) is 3. The second-order valence-electron chi connectivity index (χ2n) is 5.94. The lowest BCUT2D eigenvalue weighted by atomic mass is 10.1. The quantitative estimate of drug-likeness (QED) is 0.834. The molecular formula is C18H26N2O2S. The van der Waals surface area contributed by atoms with E-state index in [1.807, 2.05) is 43.0 Å². The van der Waals surface area contributed by atoms with E-state index in [0.717, 1.165) is 55.8 Å². The third-order valence-corrected chi connectivity index (χ3v) is 5.23. The molecule has 4 nitrogen and oxygen atoms in total. The van der Waals surface area contributed by atoms with Gasteiger partial charge >= 0.3 is 0 Å². The van der Waals surface area contributed by atoms with Gasteiger partial charge in [0, 0.05) is 31.0 Å². The number of carbonyl (C=O) groups excluding carboxylic acids is 2. The van der Waals surface area contributed by atoms with Crippen LogP contribution in [0.25, 0.3) is 0 Å². The van der Waals surface area contributed by atoms with Gasteiger partial charge in [-0.1, -0.05) is 19.1 Å². The van der Waals surface area contributed by atoms with Crippen molar-refractivity contribution >= 4 is 23.6 Å². The molecule has 1 aromatic rings. The van der Waals surface area contributed by atoms with Gasteiger partial charge in [0.05, 0.1) is 5.25 Å². The molecule has 0 aliphatic carbocycles. The number of likely N-dealkylation sites (tertiary alicyclic amines) is 1. The van der Waals surface area contributed by atoms with Crippen molar-refractivity contribution in [1.82, 2.24) is 10.2 Å². The molecule has 5 heteroatoms. The number of rotatable bonds is 7. The van der Waals surface area contributed by atoms with Crippen LogP contribution in [-0.4, -0.2) is 41.6 Å². The third kappa shape index (κ3) is 5.27. The molecular weight excluding hydrogens is 308 g/mol. The first kappa shape index (κ1) is 17.9. The van der Waals surface area contributed by atoms with Gasteiger partial charge in [0.25, 0.3) is 5.91 Å². The van der Waals surface area contributed by atoms with E-state index in [9.17, 15) is 9.59 Å². The van der Waals surface area contributed by atoms with Crippen molar-refractivity contribution in [2.75, 3.05) is 19.6 Å². The molecule has 1 aliphatic rings. The molecule has 1 atom stereocenters. The Labute approximate surface area is 143 Å². The van der Waals surface area contributed by atoms with Crippen LogP contribution in [0.3, 0.4) is 0 Å². The molecule has 0 aromatic heterocycles. The van der Waals surface area contributed by atoms with Crippen molar-refractivity contribution in [2.24, 2.45) is 0 Å². The standard InChI is InChI=1S/C18H26N2O2S/c1-3-10-19-17(21)14(2)23-13-15-6-8-16(9-7-15)18(22)20-11-4-5-12-20/h6-9,14H,3-5,10-13H2,1-2H3,(H,19,21). The number of hydrogen-bond donors (Lipinski definition) is 1. The molecule has 126 valence electrons. The second-order valence-corrected chi connectivity index (χ2v) is 7.27. The average molecular weight is 334 g/mol. The maximum Gasteiger partial charge on any atom is 0.253 e. The first-order chi connectivity index (χ1) is 11.1. The molecule has 1 unspecified atom stereocenters. The van der Waals surface area contributed by atoms with Gasteiger partial charge in [0.2, 0.25) is 5.91 Å². The van der Waals surface area contributed by atoms with E-state index in [2.05, 4.69) is 5.32 Å². The molecule has 0 saturated carbocycles. The van der Waals surface area contributed by atoms with Gasteiger partial charge in [-0.05, 0) is 43.9 Å². The normalized spacial score (nSPS) is 15.5. The van der Waals surface area contributed by atoms with E-state index >= 15 is 0 Å². The fourth-order valence-electron chi connectivity index (χ4n) is 2.54. The third-order valence-electron chi connectivity index (χ3n) is 4.01. The van der Waals surface area contributed by atoms with E-state index in [1.54, 1.807) is 11.8 Å². The highest BCUT2D eigenvalue weighted by atomic mass is 32.2. The number of thioether (sulfide) groups is 1. The fourth-order valence-corrected chi connectivity index (χ4v) is 3.40. The minimum absolute atomic E-state index is 0.0625. The van der Waals surface area contributed by atoms with Crippen LogP contribution in [0.4, 0.5) is 0 Å². The maximum atomic E-state index is 12.3. The monoisotopic (exact) mass is 334 g/mol. The van der Waals surface area contributed by atoms with Gasteiger partial charge in [0.1, 0.15) is 0 Å². The Morgan fingerprint density at radius 3 is 2.48 bits per heavy atom.